The van der Waals surface area contributed by atoms with Crippen LogP contribution in [-0.2, 0) is 23.9 Å². The van der Waals surface area contributed by atoms with Crippen LogP contribution in [0.2, 0.25) is 5.02 Å². The van der Waals surface area contributed by atoms with Crippen LogP contribution in [0.4, 0.5) is 0 Å². The maximum absolute atomic E-state index is 12.7. The second kappa shape index (κ2) is 6.54. The van der Waals surface area contributed by atoms with Crippen LogP contribution in [0.25, 0.3) is 5.57 Å². The Hall–Kier alpha value is -2.14. The summed E-state index contributed by atoms with van der Waals surface area (Å²) in [4.78, 5) is 37.5. The average molecular weight is 375 g/mol. The number of cyclic esters (lactones) is 1. The Morgan fingerprint density at radius 2 is 2.00 bits per heavy atom. The predicted molar refractivity (Wildman–Crippen MR) is 94.2 cm³/mol. The zero-order chi connectivity index (χ0) is 18.4. The van der Waals surface area contributed by atoms with Crippen molar-refractivity contribution in [2.24, 2.45) is 23.7 Å². The molecular weight excluding hydrogens is 356 g/mol. The van der Waals surface area contributed by atoms with Crippen LogP contribution in [0.3, 0.4) is 0 Å². The van der Waals surface area contributed by atoms with Gasteiger partial charge in [0, 0.05) is 28.9 Å². The molecule has 0 unspecified atom stereocenters. The van der Waals surface area contributed by atoms with E-state index in [0.717, 1.165) is 17.6 Å². The summed E-state index contributed by atoms with van der Waals surface area (Å²) >= 11 is 5.97. The minimum absolute atomic E-state index is 0.0532. The van der Waals surface area contributed by atoms with Crippen LogP contribution in [-0.4, -0.2) is 30.9 Å². The molecule has 0 radical (unpaired) electrons. The van der Waals surface area contributed by atoms with Crippen molar-refractivity contribution in [3.63, 3.8) is 0 Å². The lowest BCUT2D eigenvalue weighted by molar-refractivity contribution is -0.171. The molecule has 2 aliphatic carbocycles. The first-order valence-electron chi connectivity index (χ1n) is 8.87. The fourth-order valence-electron chi connectivity index (χ4n) is 4.68. The van der Waals surface area contributed by atoms with Crippen LogP contribution >= 0.6 is 11.6 Å². The molecule has 1 saturated heterocycles. The Kier molecular flexibility index (Phi) is 4.35. The van der Waals surface area contributed by atoms with Gasteiger partial charge >= 0.3 is 11.9 Å². The first-order chi connectivity index (χ1) is 12.5. The van der Waals surface area contributed by atoms with Gasteiger partial charge in [0.25, 0.3) is 0 Å². The number of hydrogen-bond donors (Lipinski definition) is 0. The molecule has 0 bridgehead atoms. The fourth-order valence-corrected chi connectivity index (χ4v) is 4.81. The van der Waals surface area contributed by atoms with Crippen molar-refractivity contribution in [3.8, 4) is 0 Å². The number of benzene rings is 1. The molecule has 6 heteroatoms. The number of halogens is 1. The van der Waals surface area contributed by atoms with E-state index in [2.05, 4.69) is 0 Å². The third-order valence-electron chi connectivity index (χ3n) is 5.62. The van der Waals surface area contributed by atoms with Crippen LogP contribution in [0, 0.1) is 23.7 Å². The molecule has 0 spiro atoms. The van der Waals surface area contributed by atoms with Crippen molar-refractivity contribution in [2.75, 3.05) is 13.2 Å². The molecule has 0 aromatic heterocycles. The van der Waals surface area contributed by atoms with E-state index in [1.165, 1.54) is 0 Å². The lowest BCUT2D eigenvalue weighted by atomic mass is 9.78. The molecule has 1 heterocycles. The van der Waals surface area contributed by atoms with Crippen molar-refractivity contribution >= 4 is 34.9 Å². The van der Waals surface area contributed by atoms with Crippen molar-refractivity contribution in [1.82, 2.24) is 0 Å². The number of esters is 2. The number of carbonyl (C=O) groups excluding carboxylic acids is 3. The van der Waals surface area contributed by atoms with Gasteiger partial charge in [-0.3, -0.25) is 14.4 Å². The number of fused-ring (bicyclic) bond motifs is 3. The molecule has 1 aromatic rings. The van der Waals surface area contributed by atoms with E-state index in [9.17, 15) is 14.4 Å². The van der Waals surface area contributed by atoms with E-state index in [1.807, 2.05) is 12.1 Å². The van der Waals surface area contributed by atoms with E-state index >= 15 is 0 Å². The molecular formula is C20H19ClO5. The molecule has 0 N–H and O–H groups in total. The lowest BCUT2D eigenvalue weighted by Crippen LogP contribution is -2.43. The standard InChI is InChI=1S/C20H19ClO5/c1-2-25-19(23)18-17-12(9-26-20(18)24)7-11-8-14(22)15(16(11)17)10-3-5-13(21)6-4-10/h3-6,11-12,17-18H,2,7-9H2,1H3/t11-,12-,17+,18-/m0/s1. The van der Waals surface area contributed by atoms with Gasteiger partial charge in [-0.15, -0.1) is 0 Å². The highest BCUT2D eigenvalue weighted by atomic mass is 35.5. The molecule has 0 amide bonds. The summed E-state index contributed by atoms with van der Waals surface area (Å²) in [5.41, 5.74) is 2.36. The maximum atomic E-state index is 12.7. The second-order valence-electron chi connectivity index (χ2n) is 7.04. The van der Waals surface area contributed by atoms with Gasteiger partial charge in [0.15, 0.2) is 11.7 Å². The number of hydrogen-bond acceptors (Lipinski definition) is 5. The summed E-state index contributed by atoms with van der Waals surface area (Å²) in [6.45, 7) is 2.20. The van der Waals surface area contributed by atoms with Gasteiger partial charge in [-0.25, -0.2) is 0 Å². The molecule has 4 atom stereocenters. The third-order valence-corrected chi connectivity index (χ3v) is 5.87. The van der Waals surface area contributed by atoms with Crippen LogP contribution in [0.1, 0.15) is 25.3 Å². The molecule has 5 nitrogen and oxygen atoms in total. The third kappa shape index (κ3) is 2.65. The largest absolute Gasteiger partial charge is 0.465 e. The van der Waals surface area contributed by atoms with Crippen LogP contribution < -0.4 is 0 Å². The van der Waals surface area contributed by atoms with Crippen molar-refractivity contribution < 1.29 is 23.9 Å². The highest BCUT2D eigenvalue weighted by Gasteiger charge is 2.56. The van der Waals surface area contributed by atoms with Gasteiger partial charge in [0.2, 0.25) is 0 Å². The molecule has 4 rings (SSSR count). The minimum Gasteiger partial charge on any atom is -0.465 e. The van der Waals surface area contributed by atoms with Crippen molar-refractivity contribution in [1.29, 1.82) is 0 Å². The van der Waals surface area contributed by atoms with E-state index in [1.54, 1.807) is 19.1 Å². The summed E-state index contributed by atoms with van der Waals surface area (Å²) in [6, 6.07) is 7.13. The van der Waals surface area contributed by atoms with Gasteiger partial charge in [0.1, 0.15) is 0 Å². The monoisotopic (exact) mass is 374 g/mol. The summed E-state index contributed by atoms with van der Waals surface area (Å²) in [6.07, 6.45) is 1.18. The van der Waals surface area contributed by atoms with E-state index in [4.69, 9.17) is 21.1 Å². The molecule has 1 aliphatic heterocycles. The number of ketones is 1. The fraction of sp³-hybridized carbons (Fsp3) is 0.450. The van der Waals surface area contributed by atoms with Gasteiger partial charge in [0.05, 0.1) is 13.2 Å². The average Bonchev–Trinajstić information content (AvgIpc) is 3.10. The van der Waals surface area contributed by atoms with Crippen molar-refractivity contribution in [3.05, 3.63) is 40.4 Å². The summed E-state index contributed by atoms with van der Waals surface area (Å²) in [7, 11) is 0. The zero-order valence-electron chi connectivity index (χ0n) is 14.4. The molecule has 1 aromatic carbocycles. The van der Waals surface area contributed by atoms with E-state index < -0.39 is 17.9 Å². The lowest BCUT2D eigenvalue weighted by Gasteiger charge is -2.32. The Balaban J connectivity index is 1.82. The number of rotatable bonds is 3. The minimum atomic E-state index is -0.984. The second-order valence-corrected chi connectivity index (χ2v) is 7.48. The number of Topliss-reactive ketones (excluding diaryl/α,β-unsaturated/α-hetero) is 1. The highest BCUT2D eigenvalue weighted by Crippen LogP contribution is 2.55. The first-order valence-corrected chi connectivity index (χ1v) is 9.25. The van der Waals surface area contributed by atoms with E-state index in [-0.39, 0.29) is 30.1 Å². The Morgan fingerprint density at radius 3 is 2.69 bits per heavy atom. The number of ether oxygens (including phenoxy) is 2. The first kappa shape index (κ1) is 17.3. The number of carbonyl (C=O) groups is 3. The highest BCUT2D eigenvalue weighted by molar-refractivity contribution is 6.31. The zero-order valence-corrected chi connectivity index (χ0v) is 15.1. The molecule has 1 saturated carbocycles. The van der Waals surface area contributed by atoms with Gasteiger partial charge in [-0.05, 0) is 37.0 Å². The Morgan fingerprint density at radius 1 is 1.27 bits per heavy atom. The van der Waals surface area contributed by atoms with Gasteiger partial charge in [-0.1, -0.05) is 29.3 Å². The smallest absolute Gasteiger partial charge is 0.320 e. The molecule has 3 aliphatic rings. The molecule has 136 valence electrons. The van der Waals surface area contributed by atoms with Crippen LogP contribution in [0.15, 0.2) is 29.8 Å². The predicted octanol–water partition coefficient (Wildman–Crippen LogP) is 3.05. The summed E-state index contributed by atoms with van der Waals surface area (Å²) in [5, 5.41) is 0.594. The summed E-state index contributed by atoms with van der Waals surface area (Å²) < 4.78 is 10.4. The van der Waals surface area contributed by atoms with Crippen molar-refractivity contribution in [2.45, 2.75) is 19.8 Å². The topological polar surface area (TPSA) is 69.7 Å². The van der Waals surface area contributed by atoms with Gasteiger partial charge < -0.3 is 9.47 Å². The van der Waals surface area contributed by atoms with Gasteiger partial charge in [-0.2, -0.15) is 0 Å². The summed E-state index contributed by atoms with van der Waals surface area (Å²) in [5.74, 6) is -2.23. The SMILES string of the molecule is CCOC(=O)[C@H]1C(=O)OC[C@@H]2C[C@H]3CC(=O)C(c4ccc(Cl)cc4)=C3[C@@H]21. The Bertz CT molecular complexity index is 810. The normalized spacial score (nSPS) is 30.1. The quantitative estimate of drug-likeness (QED) is 0.600. The van der Waals surface area contributed by atoms with E-state index in [0.29, 0.717) is 23.6 Å². The molecule has 26 heavy (non-hydrogen) atoms. The number of allylic oxidation sites excluding steroid dienone is 2. The Labute approximate surface area is 156 Å². The molecule has 2 fully saturated rings. The maximum Gasteiger partial charge on any atom is 0.320 e. The van der Waals surface area contributed by atoms with Crippen LogP contribution in [0.5, 0.6) is 0 Å².